The third-order valence-corrected chi connectivity index (χ3v) is 5.05. The lowest BCUT2D eigenvalue weighted by molar-refractivity contribution is -0.123. The van der Waals surface area contributed by atoms with E-state index in [2.05, 4.69) is 15.6 Å². The van der Waals surface area contributed by atoms with Crippen molar-refractivity contribution in [2.75, 3.05) is 6.54 Å². The molecule has 2 heterocycles. The highest BCUT2D eigenvalue weighted by atomic mass is 32.1. The number of thiazole rings is 1. The zero-order chi connectivity index (χ0) is 12.5. The molecule has 1 aromatic rings. The van der Waals surface area contributed by atoms with Crippen molar-refractivity contribution in [3.63, 3.8) is 0 Å². The molecule has 2 N–H and O–H groups in total. The Balaban J connectivity index is 1.55. The van der Waals surface area contributed by atoms with E-state index in [9.17, 15) is 4.79 Å². The van der Waals surface area contributed by atoms with E-state index < -0.39 is 0 Å². The Kier molecular flexibility index (Phi) is 3.35. The van der Waals surface area contributed by atoms with Gasteiger partial charge in [-0.2, -0.15) is 0 Å². The van der Waals surface area contributed by atoms with Gasteiger partial charge in [-0.25, -0.2) is 4.98 Å². The van der Waals surface area contributed by atoms with Crippen LogP contribution in [0.25, 0.3) is 0 Å². The Morgan fingerprint density at radius 3 is 3.28 bits per heavy atom. The highest BCUT2D eigenvalue weighted by Crippen LogP contribution is 2.37. The second-order valence-electron chi connectivity index (χ2n) is 5.30. The number of fused-ring (bicyclic) bond motifs is 1. The summed E-state index contributed by atoms with van der Waals surface area (Å²) in [5.41, 5.74) is 0. The van der Waals surface area contributed by atoms with Gasteiger partial charge in [0.15, 0.2) is 0 Å². The second-order valence-corrected chi connectivity index (χ2v) is 6.62. The summed E-state index contributed by atoms with van der Waals surface area (Å²) in [6.45, 7) is 3.61. The Hall–Kier alpha value is -0.940. The van der Waals surface area contributed by atoms with Crippen LogP contribution in [0.3, 0.4) is 0 Å². The summed E-state index contributed by atoms with van der Waals surface area (Å²) in [7, 11) is 0. The Morgan fingerprint density at radius 2 is 2.50 bits per heavy atom. The van der Waals surface area contributed by atoms with E-state index in [1.165, 1.54) is 19.3 Å². The van der Waals surface area contributed by atoms with Crippen LogP contribution in [-0.4, -0.2) is 23.5 Å². The summed E-state index contributed by atoms with van der Waals surface area (Å²) in [5.74, 6) is 1.45. The van der Waals surface area contributed by atoms with Gasteiger partial charge in [0.25, 0.3) is 0 Å². The molecule has 1 aliphatic carbocycles. The molecule has 2 fully saturated rings. The van der Waals surface area contributed by atoms with Gasteiger partial charge >= 0.3 is 0 Å². The molecule has 4 nitrogen and oxygen atoms in total. The SMILES string of the molecule is Cc1ncc(CNC(=O)C2NCC3CCCC32)s1. The number of hydrogen-bond acceptors (Lipinski definition) is 4. The summed E-state index contributed by atoms with van der Waals surface area (Å²) >= 11 is 1.65. The maximum Gasteiger partial charge on any atom is 0.237 e. The molecule has 1 aliphatic heterocycles. The van der Waals surface area contributed by atoms with Crippen LogP contribution in [0.15, 0.2) is 6.20 Å². The molecular weight excluding hydrogens is 246 g/mol. The van der Waals surface area contributed by atoms with E-state index in [0.29, 0.717) is 12.5 Å². The zero-order valence-electron chi connectivity index (χ0n) is 10.6. The van der Waals surface area contributed by atoms with E-state index in [0.717, 1.165) is 22.3 Å². The lowest BCUT2D eigenvalue weighted by Gasteiger charge is -2.17. The summed E-state index contributed by atoms with van der Waals surface area (Å²) < 4.78 is 0. The number of rotatable bonds is 3. The minimum atomic E-state index is 0.0338. The van der Waals surface area contributed by atoms with Gasteiger partial charge in [-0.1, -0.05) is 6.42 Å². The number of carbonyl (C=O) groups is 1. The van der Waals surface area contributed by atoms with Gasteiger partial charge in [-0.15, -0.1) is 11.3 Å². The van der Waals surface area contributed by atoms with Gasteiger partial charge < -0.3 is 10.6 Å². The molecule has 3 atom stereocenters. The van der Waals surface area contributed by atoms with Gasteiger partial charge in [0.1, 0.15) is 0 Å². The van der Waals surface area contributed by atoms with Crippen molar-refractivity contribution in [2.24, 2.45) is 11.8 Å². The minimum Gasteiger partial charge on any atom is -0.350 e. The fourth-order valence-electron chi connectivity index (χ4n) is 3.25. The van der Waals surface area contributed by atoms with Gasteiger partial charge in [0.05, 0.1) is 17.6 Å². The molecular formula is C13H19N3OS. The van der Waals surface area contributed by atoms with Crippen LogP contribution in [0.5, 0.6) is 0 Å². The van der Waals surface area contributed by atoms with E-state index in [4.69, 9.17) is 0 Å². The smallest absolute Gasteiger partial charge is 0.237 e. The fourth-order valence-corrected chi connectivity index (χ4v) is 3.98. The number of carbonyl (C=O) groups excluding carboxylic acids is 1. The molecule has 3 rings (SSSR count). The van der Waals surface area contributed by atoms with Crippen LogP contribution >= 0.6 is 11.3 Å². The van der Waals surface area contributed by atoms with Crippen LogP contribution in [0.2, 0.25) is 0 Å². The maximum absolute atomic E-state index is 12.2. The minimum absolute atomic E-state index is 0.0338. The molecule has 0 radical (unpaired) electrons. The summed E-state index contributed by atoms with van der Waals surface area (Å²) in [5, 5.41) is 7.46. The Labute approximate surface area is 111 Å². The lowest BCUT2D eigenvalue weighted by Crippen LogP contribution is -2.43. The highest BCUT2D eigenvalue weighted by Gasteiger charge is 2.42. The molecule has 2 aliphatic rings. The molecule has 0 bridgehead atoms. The van der Waals surface area contributed by atoms with Crippen LogP contribution in [0.1, 0.15) is 29.1 Å². The quantitative estimate of drug-likeness (QED) is 0.870. The maximum atomic E-state index is 12.2. The van der Waals surface area contributed by atoms with Crippen molar-refractivity contribution in [2.45, 2.75) is 38.8 Å². The first-order valence-electron chi connectivity index (χ1n) is 6.66. The van der Waals surface area contributed by atoms with Crippen molar-refractivity contribution >= 4 is 17.2 Å². The molecule has 5 heteroatoms. The van der Waals surface area contributed by atoms with Crippen molar-refractivity contribution in [1.29, 1.82) is 0 Å². The average molecular weight is 265 g/mol. The summed E-state index contributed by atoms with van der Waals surface area (Å²) in [4.78, 5) is 17.5. The number of aryl methyl sites for hydroxylation is 1. The highest BCUT2D eigenvalue weighted by molar-refractivity contribution is 7.11. The first kappa shape index (κ1) is 12.1. The van der Waals surface area contributed by atoms with E-state index in [1.54, 1.807) is 11.3 Å². The zero-order valence-corrected chi connectivity index (χ0v) is 11.4. The molecule has 1 amide bonds. The van der Waals surface area contributed by atoms with Crippen molar-refractivity contribution in [3.8, 4) is 0 Å². The molecule has 1 saturated heterocycles. The van der Waals surface area contributed by atoms with Crippen LogP contribution < -0.4 is 10.6 Å². The first-order valence-corrected chi connectivity index (χ1v) is 7.48. The number of nitrogens with zero attached hydrogens (tertiary/aromatic N) is 1. The van der Waals surface area contributed by atoms with E-state index in [-0.39, 0.29) is 11.9 Å². The van der Waals surface area contributed by atoms with Gasteiger partial charge in [0, 0.05) is 11.1 Å². The number of hydrogen-bond donors (Lipinski definition) is 2. The number of amides is 1. The Bertz CT molecular complexity index is 445. The van der Waals surface area contributed by atoms with E-state index >= 15 is 0 Å². The molecule has 98 valence electrons. The van der Waals surface area contributed by atoms with E-state index in [1.807, 2.05) is 13.1 Å². The molecule has 1 saturated carbocycles. The average Bonchev–Trinajstić information content (AvgIpc) is 3.01. The van der Waals surface area contributed by atoms with Crippen molar-refractivity contribution < 1.29 is 4.79 Å². The number of aromatic nitrogens is 1. The molecule has 0 spiro atoms. The van der Waals surface area contributed by atoms with Crippen LogP contribution in [-0.2, 0) is 11.3 Å². The van der Waals surface area contributed by atoms with Crippen molar-refractivity contribution in [3.05, 3.63) is 16.1 Å². The largest absolute Gasteiger partial charge is 0.350 e. The third kappa shape index (κ3) is 2.29. The fraction of sp³-hybridized carbons (Fsp3) is 0.692. The summed E-state index contributed by atoms with van der Waals surface area (Å²) in [6, 6.07) is 0.0338. The molecule has 3 unspecified atom stereocenters. The number of nitrogens with one attached hydrogen (secondary N) is 2. The van der Waals surface area contributed by atoms with Gasteiger partial charge in [-0.3, -0.25) is 4.79 Å². The summed E-state index contributed by atoms with van der Waals surface area (Å²) in [6.07, 6.45) is 5.63. The van der Waals surface area contributed by atoms with Gasteiger partial charge in [-0.05, 0) is 38.1 Å². The predicted octanol–water partition coefficient (Wildman–Crippen LogP) is 1.46. The van der Waals surface area contributed by atoms with Crippen LogP contribution in [0.4, 0.5) is 0 Å². The molecule has 1 aromatic heterocycles. The molecule has 0 aromatic carbocycles. The molecule has 18 heavy (non-hydrogen) atoms. The van der Waals surface area contributed by atoms with Gasteiger partial charge in [0.2, 0.25) is 5.91 Å². The monoisotopic (exact) mass is 265 g/mol. The van der Waals surface area contributed by atoms with Crippen molar-refractivity contribution in [1.82, 2.24) is 15.6 Å². The topological polar surface area (TPSA) is 54.0 Å². The predicted molar refractivity (Wildman–Crippen MR) is 71.3 cm³/mol. The first-order chi connectivity index (χ1) is 8.74. The normalized spacial score (nSPS) is 30.4. The Morgan fingerprint density at radius 1 is 1.61 bits per heavy atom. The third-order valence-electron chi connectivity index (χ3n) is 4.13. The van der Waals surface area contributed by atoms with Crippen LogP contribution in [0, 0.1) is 18.8 Å². The second kappa shape index (κ2) is 4.97. The lowest BCUT2D eigenvalue weighted by atomic mass is 9.94. The standard InChI is InChI=1S/C13H19N3OS/c1-8-14-6-10(18-8)7-16-13(17)12-11-4-2-3-9(11)5-15-12/h6,9,11-12,15H,2-5,7H2,1H3,(H,16,17).